The summed E-state index contributed by atoms with van der Waals surface area (Å²) in [6.45, 7) is 5.11. The van der Waals surface area contributed by atoms with Gasteiger partial charge in [0.05, 0.1) is 22.4 Å². The van der Waals surface area contributed by atoms with Crippen LogP contribution in [0.2, 0.25) is 5.28 Å². The fraction of sp³-hybridized carbons (Fsp3) is 0.375. The summed E-state index contributed by atoms with van der Waals surface area (Å²) in [5.74, 6) is 0.180. The van der Waals surface area contributed by atoms with Crippen molar-refractivity contribution in [2.75, 3.05) is 6.61 Å². The number of rotatable bonds is 1. The number of thiophene rings is 1. The van der Waals surface area contributed by atoms with Crippen molar-refractivity contribution in [1.29, 1.82) is 0 Å². The van der Waals surface area contributed by atoms with E-state index in [9.17, 15) is 0 Å². The van der Waals surface area contributed by atoms with E-state index in [2.05, 4.69) is 42.0 Å². The molecular formula is C16H15ClN2OS. The topological polar surface area (TPSA) is 35.0 Å². The molecule has 2 atom stereocenters. The predicted octanol–water partition coefficient (Wildman–Crippen LogP) is 4.41. The molecule has 0 saturated carbocycles. The van der Waals surface area contributed by atoms with Gasteiger partial charge < -0.3 is 4.74 Å². The van der Waals surface area contributed by atoms with E-state index in [4.69, 9.17) is 16.3 Å². The van der Waals surface area contributed by atoms with Crippen LogP contribution in [0.15, 0.2) is 30.0 Å². The first-order chi connectivity index (χ1) is 10.1. The normalized spacial score (nSPS) is 28.0. The van der Waals surface area contributed by atoms with E-state index in [0.29, 0.717) is 5.28 Å². The lowest BCUT2D eigenvalue weighted by Gasteiger charge is -2.35. The van der Waals surface area contributed by atoms with Crippen LogP contribution in [0.4, 0.5) is 0 Å². The van der Waals surface area contributed by atoms with Crippen LogP contribution in [-0.2, 0) is 4.74 Å². The number of aryl methyl sites for hydroxylation is 1. The van der Waals surface area contributed by atoms with Gasteiger partial charge in [0, 0.05) is 22.6 Å². The summed E-state index contributed by atoms with van der Waals surface area (Å²) in [6.07, 6.45) is 9.37. The molecule has 1 aliphatic heterocycles. The Morgan fingerprint density at radius 2 is 2.33 bits per heavy atom. The minimum absolute atomic E-state index is 0.180. The Bertz CT molecular complexity index is 795. The number of fused-ring (bicyclic) bond motifs is 2. The molecule has 0 radical (unpaired) electrons. The second kappa shape index (κ2) is 4.63. The summed E-state index contributed by atoms with van der Waals surface area (Å²) in [5, 5.41) is 0.301. The molecular weight excluding hydrogens is 304 g/mol. The molecule has 1 aliphatic carbocycles. The van der Waals surface area contributed by atoms with Gasteiger partial charge in [0.1, 0.15) is 0 Å². The monoisotopic (exact) mass is 318 g/mol. The van der Waals surface area contributed by atoms with Gasteiger partial charge in [-0.05, 0) is 37.4 Å². The molecule has 1 saturated heterocycles. The van der Waals surface area contributed by atoms with Crippen LogP contribution >= 0.6 is 22.9 Å². The molecule has 108 valence electrons. The summed E-state index contributed by atoms with van der Waals surface area (Å²) in [7, 11) is 0. The molecule has 5 heteroatoms. The largest absolute Gasteiger partial charge is 0.370 e. The van der Waals surface area contributed by atoms with Crippen LogP contribution in [0.5, 0.6) is 0 Å². The number of hydrogen-bond acceptors (Lipinski definition) is 4. The molecule has 1 fully saturated rings. The highest BCUT2D eigenvalue weighted by molar-refractivity contribution is 7.19. The molecule has 0 spiro atoms. The molecule has 2 aliphatic rings. The molecule has 0 bridgehead atoms. The van der Waals surface area contributed by atoms with Gasteiger partial charge in [-0.25, -0.2) is 9.97 Å². The Morgan fingerprint density at radius 1 is 1.48 bits per heavy atom. The second-order valence-corrected chi connectivity index (χ2v) is 7.28. The lowest BCUT2D eigenvalue weighted by atomic mass is 9.75. The lowest BCUT2D eigenvalue weighted by molar-refractivity contribution is 0.0277. The summed E-state index contributed by atoms with van der Waals surface area (Å²) in [5.41, 5.74) is 3.30. The van der Waals surface area contributed by atoms with E-state index >= 15 is 0 Å². The van der Waals surface area contributed by atoms with Crippen LogP contribution in [0.25, 0.3) is 10.2 Å². The Morgan fingerprint density at radius 3 is 3.19 bits per heavy atom. The third-order valence-electron chi connectivity index (χ3n) is 4.54. The van der Waals surface area contributed by atoms with Crippen molar-refractivity contribution in [2.45, 2.75) is 31.8 Å². The molecule has 2 aromatic rings. The van der Waals surface area contributed by atoms with E-state index in [-0.39, 0.29) is 11.5 Å². The van der Waals surface area contributed by atoms with E-state index in [1.807, 2.05) is 6.20 Å². The Hall–Kier alpha value is -1.23. The predicted molar refractivity (Wildman–Crippen MR) is 86.1 cm³/mol. The number of aromatic nitrogens is 2. The maximum Gasteiger partial charge on any atom is 0.222 e. The lowest BCUT2D eigenvalue weighted by Crippen LogP contribution is -2.34. The highest BCUT2D eigenvalue weighted by Gasteiger charge is 2.44. The first-order valence-electron chi connectivity index (χ1n) is 7.03. The third-order valence-corrected chi connectivity index (χ3v) is 5.77. The zero-order chi connectivity index (χ0) is 14.6. The Labute approximate surface area is 132 Å². The summed E-state index contributed by atoms with van der Waals surface area (Å²) in [4.78, 5) is 9.83. The molecule has 21 heavy (non-hydrogen) atoms. The van der Waals surface area contributed by atoms with E-state index in [1.165, 1.54) is 16.0 Å². The quantitative estimate of drug-likeness (QED) is 0.730. The van der Waals surface area contributed by atoms with Crippen molar-refractivity contribution in [2.24, 2.45) is 0 Å². The highest BCUT2D eigenvalue weighted by Crippen LogP contribution is 2.49. The summed E-state index contributed by atoms with van der Waals surface area (Å²) < 4.78 is 7.21. The van der Waals surface area contributed by atoms with E-state index in [0.717, 1.165) is 23.2 Å². The molecule has 3 heterocycles. The molecule has 2 unspecified atom stereocenters. The Kier molecular flexibility index (Phi) is 2.96. The second-order valence-electron chi connectivity index (χ2n) is 5.68. The molecule has 2 aromatic heterocycles. The molecule has 0 aromatic carbocycles. The van der Waals surface area contributed by atoms with Gasteiger partial charge in [0.2, 0.25) is 5.28 Å². The van der Waals surface area contributed by atoms with Crippen molar-refractivity contribution >= 4 is 33.2 Å². The Balaban J connectivity index is 1.94. The van der Waals surface area contributed by atoms with Crippen molar-refractivity contribution in [3.63, 3.8) is 0 Å². The van der Waals surface area contributed by atoms with Crippen molar-refractivity contribution < 1.29 is 4.74 Å². The molecule has 3 nitrogen and oxygen atoms in total. The third kappa shape index (κ3) is 1.90. The van der Waals surface area contributed by atoms with Crippen molar-refractivity contribution in [3.05, 3.63) is 45.7 Å². The van der Waals surface area contributed by atoms with Crippen LogP contribution in [0, 0.1) is 6.92 Å². The highest BCUT2D eigenvalue weighted by atomic mass is 35.5. The zero-order valence-corrected chi connectivity index (χ0v) is 13.5. The minimum atomic E-state index is -0.259. The first-order valence-corrected chi connectivity index (χ1v) is 8.22. The molecule has 0 amide bonds. The SMILES string of the molecule is Cc1sc2cnc(Cl)nc2c1C1C=CC=C2CCOC21C. The standard InChI is InChI=1S/C16H15ClN2OS/c1-9-13(14-12(21-9)8-18-15(17)19-14)11-5-3-4-10-6-7-20-16(10,11)2/h3-5,8,11H,6-7H2,1-2H3. The number of nitrogens with zero attached hydrogens (tertiary/aromatic N) is 2. The smallest absolute Gasteiger partial charge is 0.222 e. The molecule has 0 N–H and O–H groups in total. The van der Waals surface area contributed by atoms with E-state index in [1.54, 1.807) is 11.3 Å². The van der Waals surface area contributed by atoms with Gasteiger partial charge in [-0.1, -0.05) is 18.2 Å². The summed E-state index contributed by atoms with van der Waals surface area (Å²) in [6, 6.07) is 0. The number of ether oxygens (including phenoxy) is 1. The number of allylic oxidation sites excluding steroid dienone is 2. The van der Waals surface area contributed by atoms with Crippen LogP contribution in [0.1, 0.15) is 29.7 Å². The van der Waals surface area contributed by atoms with Crippen LogP contribution < -0.4 is 0 Å². The zero-order valence-electron chi connectivity index (χ0n) is 11.9. The van der Waals surface area contributed by atoms with Crippen LogP contribution in [0.3, 0.4) is 0 Å². The maximum atomic E-state index is 6.12. The van der Waals surface area contributed by atoms with Gasteiger partial charge in [0.15, 0.2) is 0 Å². The van der Waals surface area contributed by atoms with E-state index < -0.39 is 0 Å². The van der Waals surface area contributed by atoms with Crippen molar-refractivity contribution in [1.82, 2.24) is 9.97 Å². The maximum absolute atomic E-state index is 6.12. The summed E-state index contributed by atoms with van der Waals surface area (Å²) >= 11 is 7.73. The van der Waals surface area contributed by atoms with Gasteiger partial charge >= 0.3 is 0 Å². The van der Waals surface area contributed by atoms with Crippen molar-refractivity contribution in [3.8, 4) is 0 Å². The van der Waals surface area contributed by atoms with Gasteiger partial charge in [-0.2, -0.15) is 0 Å². The first kappa shape index (κ1) is 13.4. The average Bonchev–Trinajstić information content (AvgIpc) is 2.98. The molecule has 4 rings (SSSR count). The van der Waals surface area contributed by atoms with Crippen LogP contribution in [-0.4, -0.2) is 22.2 Å². The number of halogens is 1. The van der Waals surface area contributed by atoms with Gasteiger partial charge in [-0.3, -0.25) is 0 Å². The van der Waals surface area contributed by atoms with Gasteiger partial charge in [-0.15, -0.1) is 11.3 Å². The fourth-order valence-corrected chi connectivity index (χ4v) is 4.61. The average molecular weight is 319 g/mol. The minimum Gasteiger partial charge on any atom is -0.370 e. The fourth-order valence-electron chi connectivity index (χ4n) is 3.46. The van der Waals surface area contributed by atoms with Gasteiger partial charge in [0.25, 0.3) is 0 Å². The number of hydrogen-bond donors (Lipinski definition) is 0.